The van der Waals surface area contributed by atoms with Gasteiger partial charge in [0.1, 0.15) is 17.1 Å². The van der Waals surface area contributed by atoms with Gasteiger partial charge in [0, 0.05) is 6.07 Å². The summed E-state index contributed by atoms with van der Waals surface area (Å²) in [6.45, 7) is 0. The van der Waals surface area contributed by atoms with Gasteiger partial charge in [0.15, 0.2) is 5.43 Å². The second-order valence-corrected chi connectivity index (χ2v) is 4.96. The van der Waals surface area contributed by atoms with Crippen molar-refractivity contribution in [3.8, 4) is 5.75 Å². The van der Waals surface area contributed by atoms with Gasteiger partial charge in [-0.15, -0.1) is 13.2 Å². The number of hydrogen-bond donors (Lipinski definition) is 0. The Morgan fingerprint density at radius 1 is 0.958 bits per heavy atom. The molecule has 0 aliphatic carbocycles. The third-order valence-electron chi connectivity index (χ3n) is 3.21. The molecule has 0 atom stereocenters. The number of alkyl halides is 3. The molecule has 0 N–H and O–H groups in total. The molecule has 24 heavy (non-hydrogen) atoms. The summed E-state index contributed by atoms with van der Waals surface area (Å²) in [5.74, 6) is 0.0613. The lowest BCUT2D eigenvalue weighted by atomic mass is 10.2. The van der Waals surface area contributed by atoms with Crippen LogP contribution in [0.15, 0.2) is 63.8 Å². The van der Waals surface area contributed by atoms with Gasteiger partial charge in [0.2, 0.25) is 0 Å². The quantitative estimate of drug-likeness (QED) is 0.687. The fourth-order valence-corrected chi connectivity index (χ4v) is 2.16. The van der Waals surface area contributed by atoms with Gasteiger partial charge >= 0.3 is 6.36 Å². The van der Waals surface area contributed by atoms with Crippen molar-refractivity contribution in [1.82, 2.24) is 0 Å². The Balaban J connectivity index is 1.82. The smallest absolute Gasteiger partial charge is 0.456 e. The van der Waals surface area contributed by atoms with Crippen LogP contribution in [-0.2, 0) is 0 Å². The highest BCUT2D eigenvalue weighted by molar-refractivity contribution is 5.78. The zero-order valence-corrected chi connectivity index (χ0v) is 12.2. The van der Waals surface area contributed by atoms with Gasteiger partial charge in [-0.1, -0.05) is 30.3 Å². The number of hydrogen-bond acceptors (Lipinski definition) is 3. The van der Waals surface area contributed by atoms with Crippen molar-refractivity contribution in [2.75, 3.05) is 0 Å². The van der Waals surface area contributed by atoms with Crippen molar-refractivity contribution < 1.29 is 22.3 Å². The molecule has 1 heterocycles. The molecule has 0 bridgehead atoms. The number of fused-ring (bicyclic) bond motifs is 1. The van der Waals surface area contributed by atoms with Gasteiger partial charge in [-0.2, -0.15) is 0 Å². The lowest BCUT2D eigenvalue weighted by Crippen LogP contribution is -2.16. The fraction of sp³-hybridized carbons (Fsp3) is 0.0556. The van der Waals surface area contributed by atoms with Crippen LogP contribution in [0.3, 0.4) is 0 Å². The first-order valence-corrected chi connectivity index (χ1v) is 6.97. The minimum atomic E-state index is -4.72. The van der Waals surface area contributed by atoms with Crippen LogP contribution in [0.25, 0.3) is 23.1 Å². The maximum absolute atomic E-state index is 12.1. The number of ether oxygens (including phenoxy) is 1. The van der Waals surface area contributed by atoms with Crippen LogP contribution >= 0.6 is 0 Å². The average Bonchev–Trinajstić information content (AvgIpc) is 2.53. The first kappa shape index (κ1) is 15.9. The summed E-state index contributed by atoms with van der Waals surface area (Å²) < 4.78 is 45.7. The maximum Gasteiger partial charge on any atom is 0.573 e. The predicted molar refractivity (Wildman–Crippen MR) is 84.5 cm³/mol. The molecule has 122 valence electrons. The molecule has 3 aromatic rings. The molecule has 0 spiro atoms. The van der Waals surface area contributed by atoms with Crippen LogP contribution in [0, 0.1) is 0 Å². The summed E-state index contributed by atoms with van der Waals surface area (Å²) >= 11 is 0. The van der Waals surface area contributed by atoms with Gasteiger partial charge in [0.25, 0.3) is 0 Å². The third kappa shape index (κ3) is 3.84. The van der Waals surface area contributed by atoms with Crippen molar-refractivity contribution in [3.63, 3.8) is 0 Å². The number of rotatable bonds is 3. The number of halogens is 3. The van der Waals surface area contributed by atoms with E-state index >= 15 is 0 Å². The Labute approximate surface area is 134 Å². The zero-order chi connectivity index (χ0) is 17.2. The Kier molecular flexibility index (Phi) is 4.12. The Bertz CT molecular complexity index is 938. The SMILES string of the molecule is O=c1cc(/C=C/c2ccc(OC(F)(F)F)cc2)oc2ccccc12. The first-order chi connectivity index (χ1) is 11.4. The minimum Gasteiger partial charge on any atom is -0.456 e. The highest BCUT2D eigenvalue weighted by Crippen LogP contribution is 2.23. The van der Waals surface area contributed by atoms with E-state index in [4.69, 9.17) is 4.42 Å². The monoisotopic (exact) mass is 332 g/mol. The van der Waals surface area contributed by atoms with E-state index in [0.717, 1.165) is 0 Å². The standard InChI is InChI=1S/C18H11F3O3/c19-18(20,21)24-13-8-5-12(6-9-13)7-10-14-11-16(22)15-3-1-2-4-17(15)23-14/h1-11H/b10-7+. The topological polar surface area (TPSA) is 39.4 Å². The number of para-hydroxylation sites is 1. The van der Waals surface area contributed by atoms with Crippen molar-refractivity contribution in [2.24, 2.45) is 0 Å². The molecule has 0 saturated heterocycles. The molecule has 2 aromatic carbocycles. The van der Waals surface area contributed by atoms with E-state index in [1.54, 1.807) is 36.4 Å². The minimum absolute atomic E-state index is 0.162. The maximum atomic E-state index is 12.1. The van der Waals surface area contributed by atoms with Crippen molar-refractivity contribution in [3.05, 3.63) is 76.1 Å². The van der Waals surface area contributed by atoms with E-state index in [0.29, 0.717) is 22.3 Å². The van der Waals surface area contributed by atoms with E-state index in [1.807, 2.05) is 0 Å². The summed E-state index contributed by atoms with van der Waals surface area (Å²) in [6, 6.07) is 13.6. The van der Waals surface area contributed by atoms with Crippen molar-refractivity contribution >= 4 is 23.1 Å². The van der Waals surface area contributed by atoms with E-state index in [1.165, 1.54) is 30.3 Å². The summed E-state index contributed by atoms with van der Waals surface area (Å²) in [6.07, 6.45) is -1.51. The van der Waals surface area contributed by atoms with Gasteiger partial charge in [-0.3, -0.25) is 4.79 Å². The molecular weight excluding hydrogens is 321 g/mol. The predicted octanol–water partition coefficient (Wildman–Crippen LogP) is 4.86. The number of benzene rings is 2. The van der Waals surface area contributed by atoms with Crippen LogP contribution in [0.2, 0.25) is 0 Å². The van der Waals surface area contributed by atoms with E-state index in [-0.39, 0.29) is 11.2 Å². The molecule has 0 radical (unpaired) electrons. The second kappa shape index (κ2) is 6.23. The van der Waals surface area contributed by atoms with Gasteiger partial charge in [0.05, 0.1) is 5.39 Å². The second-order valence-electron chi connectivity index (χ2n) is 4.96. The van der Waals surface area contributed by atoms with Gasteiger partial charge in [-0.05, 0) is 35.9 Å². The van der Waals surface area contributed by atoms with Gasteiger partial charge < -0.3 is 9.15 Å². The van der Waals surface area contributed by atoms with Crippen molar-refractivity contribution in [2.45, 2.75) is 6.36 Å². The van der Waals surface area contributed by atoms with Crippen LogP contribution in [0.4, 0.5) is 13.2 Å². The molecule has 3 rings (SSSR count). The molecule has 0 aliphatic rings. The molecule has 3 nitrogen and oxygen atoms in total. The van der Waals surface area contributed by atoms with Crippen LogP contribution in [0.1, 0.15) is 11.3 Å². The molecule has 0 unspecified atom stereocenters. The Hall–Kier alpha value is -3.02. The summed E-state index contributed by atoms with van der Waals surface area (Å²) in [5.41, 5.74) is 0.948. The molecule has 0 aliphatic heterocycles. The first-order valence-electron chi connectivity index (χ1n) is 6.97. The van der Waals surface area contributed by atoms with E-state index in [9.17, 15) is 18.0 Å². The van der Waals surface area contributed by atoms with Crippen molar-refractivity contribution in [1.29, 1.82) is 0 Å². The highest BCUT2D eigenvalue weighted by Gasteiger charge is 2.30. The van der Waals surface area contributed by atoms with E-state index < -0.39 is 6.36 Å². The van der Waals surface area contributed by atoms with Crippen LogP contribution in [0.5, 0.6) is 5.75 Å². The largest absolute Gasteiger partial charge is 0.573 e. The molecule has 0 amide bonds. The fourth-order valence-electron chi connectivity index (χ4n) is 2.16. The highest BCUT2D eigenvalue weighted by atomic mass is 19.4. The van der Waals surface area contributed by atoms with Crippen LogP contribution < -0.4 is 10.2 Å². The molecular formula is C18H11F3O3. The lowest BCUT2D eigenvalue weighted by Gasteiger charge is -2.08. The molecule has 0 fully saturated rings. The summed E-state index contributed by atoms with van der Waals surface area (Å²) in [5, 5.41) is 0.489. The third-order valence-corrected chi connectivity index (χ3v) is 3.21. The Morgan fingerprint density at radius 3 is 2.38 bits per heavy atom. The lowest BCUT2D eigenvalue weighted by molar-refractivity contribution is -0.274. The zero-order valence-electron chi connectivity index (χ0n) is 12.2. The molecule has 1 aromatic heterocycles. The van der Waals surface area contributed by atoms with E-state index in [2.05, 4.69) is 4.74 Å². The van der Waals surface area contributed by atoms with Crippen LogP contribution in [-0.4, -0.2) is 6.36 Å². The summed E-state index contributed by atoms with van der Waals surface area (Å²) in [7, 11) is 0. The summed E-state index contributed by atoms with van der Waals surface area (Å²) in [4.78, 5) is 12.0. The average molecular weight is 332 g/mol. The Morgan fingerprint density at radius 2 is 1.67 bits per heavy atom. The normalized spacial score (nSPS) is 12.0. The van der Waals surface area contributed by atoms with Gasteiger partial charge in [-0.25, -0.2) is 0 Å². The molecule has 6 heteroatoms. The molecule has 0 saturated carbocycles.